The normalized spacial score (nSPS) is 11.7. The quantitative estimate of drug-likeness (QED) is 0.287. The van der Waals surface area contributed by atoms with Gasteiger partial charge in [0.1, 0.15) is 13.2 Å². The predicted molar refractivity (Wildman–Crippen MR) is 89.2 cm³/mol. The lowest BCUT2D eigenvalue weighted by molar-refractivity contribution is -0.276. The van der Waals surface area contributed by atoms with Crippen molar-refractivity contribution in [3.05, 3.63) is 35.9 Å². The molecular weight excluding hydrogens is 318 g/mol. The molecule has 0 aliphatic heterocycles. The average molecular weight is 341 g/mol. The number of esters is 1. The van der Waals surface area contributed by atoms with Crippen molar-refractivity contribution in [2.45, 2.75) is 6.92 Å². The zero-order chi connectivity index (χ0) is 16.9. The lowest BCUT2D eigenvalue weighted by Gasteiger charge is -2.11. The van der Waals surface area contributed by atoms with Crippen molar-refractivity contribution in [1.82, 2.24) is 5.32 Å². The van der Waals surface area contributed by atoms with Crippen LogP contribution in [-0.2, 0) is 19.3 Å². The van der Waals surface area contributed by atoms with Gasteiger partial charge in [-0.1, -0.05) is 25.1 Å². The van der Waals surface area contributed by atoms with E-state index in [4.69, 9.17) is 4.74 Å². The number of amides is 1. The highest BCUT2D eigenvalue weighted by Crippen LogP contribution is 2.09. The summed E-state index contributed by atoms with van der Waals surface area (Å²) in [4.78, 5) is 32.5. The van der Waals surface area contributed by atoms with Crippen molar-refractivity contribution in [1.29, 1.82) is 0 Å². The van der Waals surface area contributed by atoms with Crippen LogP contribution in [0, 0.1) is 5.92 Å². The number of carbonyl (C=O) groups excluding carboxylic acids is 2. The number of carbonyl (C=O) groups is 2. The van der Waals surface area contributed by atoms with Gasteiger partial charge in [-0.2, -0.15) is 11.8 Å². The highest BCUT2D eigenvalue weighted by atomic mass is 32.2. The molecule has 1 N–H and O–H groups in total. The SMILES string of the molecule is COOCCOC(=O)C(C)CSCCNC(=O)c1ccccc1. The van der Waals surface area contributed by atoms with Gasteiger partial charge in [0.2, 0.25) is 0 Å². The fourth-order valence-corrected chi connectivity index (χ4v) is 2.56. The molecule has 128 valence electrons. The average Bonchev–Trinajstić information content (AvgIpc) is 2.58. The van der Waals surface area contributed by atoms with E-state index in [0.29, 0.717) is 17.9 Å². The second kappa shape index (κ2) is 11.9. The number of hydrogen-bond donors (Lipinski definition) is 1. The predicted octanol–water partition coefficient (Wildman–Crippen LogP) is 1.91. The van der Waals surface area contributed by atoms with Gasteiger partial charge in [0.05, 0.1) is 13.0 Å². The summed E-state index contributed by atoms with van der Waals surface area (Å²) in [5, 5.41) is 2.84. The van der Waals surface area contributed by atoms with Crippen LogP contribution in [0.2, 0.25) is 0 Å². The Morgan fingerprint density at radius 3 is 2.65 bits per heavy atom. The second-order valence-electron chi connectivity index (χ2n) is 4.75. The van der Waals surface area contributed by atoms with E-state index in [1.165, 1.54) is 7.11 Å². The third kappa shape index (κ3) is 8.59. The highest BCUT2D eigenvalue weighted by molar-refractivity contribution is 7.99. The largest absolute Gasteiger partial charge is 0.463 e. The Labute approximate surface area is 140 Å². The summed E-state index contributed by atoms with van der Waals surface area (Å²) in [6.07, 6.45) is 0. The summed E-state index contributed by atoms with van der Waals surface area (Å²) in [6.45, 7) is 2.76. The minimum Gasteiger partial charge on any atom is -0.463 e. The Morgan fingerprint density at radius 2 is 1.96 bits per heavy atom. The Morgan fingerprint density at radius 1 is 1.22 bits per heavy atom. The standard InChI is InChI=1S/C16H23NO5S/c1-13(16(19)21-9-10-22-20-2)12-23-11-8-17-15(18)14-6-4-3-5-7-14/h3-7,13H,8-12H2,1-2H3,(H,17,18). The maximum atomic E-state index is 11.8. The van der Waals surface area contributed by atoms with Crippen molar-refractivity contribution in [2.24, 2.45) is 5.92 Å². The summed E-state index contributed by atoms with van der Waals surface area (Å²) in [6, 6.07) is 9.07. The van der Waals surface area contributed by atoms with Gasteiger partial charge in [0.25, 0.3) is 5.91 Å². The fraction of sp³-hybridized carbons (Fsp3) is 0.500. The molecule has 1 rings (SSSR count). The molecule has 1 atom stereocenters. The smallest absolute Gasteiger partial charge is 0.309 e. The van der Waals surface area contributed by atoms with Crippen molar-refractivity contribution in [3.63, 3.8) is 0 Å². The number of benzene rings is 1. The zero-order valence-electron chi connectivity index (χ0n) is 13.4. The maximum absolute atomic E-state index is 11.8. The molecular formula is C16H23NO5S. The van der Waals surface area contributed by atoms with E-state index in [2.05, 4.69) is 15.1 Å². The molecule has 0 bridgehead atoms. The van der Waals surface area contributed by atoms with E-state index in [9.17, 15) is 9.59 Å². The summed E-state index contributed by atoms with van der Waals surface area (Å²) in [7, 11) is 1.40. The number of hydrogen-bond acceptors (Lipinski definition) is 6. The third-order valence-electron chi connectivity index (χ3n) is 2.87. The fourth-order valence-electron chi connectivity index (χ4n) is 1.66. The van der Waals surface area contributed by atoms with Crippen molar-refractivity contribution >= 4 is 23.6 Å². The topological polar surface area (TPSA) is 73.9 Å². The van der Waals surface area contributed by atoms with Crippen LogP contribution in [0.15, 0.2) is 30.3 Å². The second-order valence-corrected chi connectivity index (χ2v) is 5.90. The molecule has 0 aliphatic carbocycles. The number of thioether (sulfide) groups is 1. The van der Waals surface area contributed by atoms with Crippen molar-refractivity contribution in [2.75, 3.05) is 38.4 Å². The molecule has 0 heterocycles. The molecule has 0 saturated heterocycles. The molecule has 0 aliphatic rings. The van der Waals surface area contributed by atoms with Crippen LogP contribution in [0.1, 0.15) is 17.3 Å². The van der Waals surface area contributed by atoms with E-state index < -0.39 is 0 Å². The maximum Gasteiger partial charge on any atom is 0.309 e. The molecule has 0 radical (unpaired) electrons. The van der Waals surface area contributed by atoms with Crippen LogP contribution in [0.4, 0.5) is 0 Å². The number of ether oxygens (including phenoxy) is 1. The lowest BCUT2D eigenvalue weighted by Crippen LogP contribution is -2.26. The van der Waals surface area contributed by atoms with Gasteiger partial charge in [-0.3, -0.25) is 9.59 Å². The molecule has 1 amide bonds. The van der Waals surface area contributed by atoms with E-state index >= 15 is 0 Å². The first-order valence-electron chi connectivity index (χ1n) is 7.38. The minimum atomic E-state index is -0.259. The first-order chi connectivity index (χ1) is 11.1. The number of nitrogens with one attached hydrogen (secondary N) is 1. The van der Waals surface area contributed by atoms with Crippen LogP contribution in [-0.4, -0.2) is 50.3 Å². The Bertz CT molecular complexity index is 469. The monoisotopic (exact) mass is 341 g/mol. The van der Waals surface area contributed by atoms with Gasteiger partial charge in [-0.05, 0) is 12.1 Å². The van der Waals surface area contributed by atoms with E-state index in [1.807, 2.05) is 25.1 Å². The molecule has 23 heavy (non-hydrogen) atoms. The Balaban J connectivity index is 2.07. The van der Waals surface area contributed by atoms with Crippen molar-refractivity contribution in [3.8, 4) is 0 Å². The van der Waals surface area contributed by atoms with Gasteiger partial charge in [0, 0.05) is 23.6 Å². The van der Waals surface area contributed by atoms with Crippen LogP contribution >= 0.6 is 11.8 Å². The van der Waals surface area contributed by atoms with Gasteiger partial charge >= 0.3 is 5.97 Å². The van der Waals surface area contributed by atoms with E-state index in [-0.39, 0.29) is 31.0 Å². The van der Waals surface area contributed by atoms with Crippen LogP contribution in [0.25, 0.3) is 0 Å². The van der Waals surface area contributed by atoms with Gasteiger partial charge < -0.3 is 10.1 Å². The zero-order valence-corrected chi connectivity index (χ0v) is 14.3. The summed E-state index contributed by atoms with van der Waals surface area (Å²) in [5.41, 5.74) is 0.646. The Hall–Kier alpha value is -1.57. The minimum absolute atomic E-state index is 0.0863. The van der Waals surface area contributed by atoms with Crippen LogP contribution in [0.3, 0.4) is 0 Å². The van der Waals surface area contributed by atoms with Gasteiger partial charge in [-0.25, -0.2) is 9.78 Å². The van der Waals surface area contributed by atoms with Crippen molar-refractivity contribution < 1.29 is 24.1 Å². The lowest BCUT2D eigenvalue weighted by atomic mass is 10.2. The number of rotatable bonds is 11. The van der Waals surface area contributed by atoms with E-state index in [1.54, 1.807) is 23.9 Å². The van der Waals surface area contributed by atoms with Gasteiger partial charge in [0.15, 0.2) is 0 Å². The first-order valence-corrected chi connectivity index (χ1v) is 8.54. The summed E-state index contributed by atoms with van der Waals surface area (Å²) >= 11 is 1.60. The highest BCUT2D eigenvalue weighted by Gasteiger charge is 2.14. The summed E-state index contributed by atoms with van der Waals surface area (Å²) < 4.78 is 5.03. The molecule has 0 aromatic heterocycles. The van der Waals surface area contributed by atoms with Gasteiger partial charge in [-0.15, -0.1) is 0 Å². The Kier molecular flexibility index (Phi) is 10.1. The molecule has 0 spiro atoms. The van der Waals surface area contributed by atoms with E-state index in [0.717, 1.165) is 5.75 Å². The molecule has 0 saturated carbocycles. The van der Waals surface area contributed by atoms with Crippen LogP contribution < -0.4 is 5.32 Å². The molecule has 0 fully saturated rings. The molecule has 1 aromatic rings. The molecule has 6 nitrogen and oxygen atoms in total. The molecule has 1 aromatic carbocycles. The molecule has 7 heteroatoms. The van der Waals surface area contributed by atoms with Crippen LogP contribution in [0.5, 0.6) is 0 Å². The summed E-state index contributed by atoms with van der Waals surface area (Å²) in [5.74, 6) is 0.837. The molecule has 1 unspecified atom stereocenters. The third-order valence-corrected chi connectivity index (χ3v) is 4.10. The first kappa shape index (κ1) is 19.5.